The molecule has 1 aliphatic heterocycles. The lowest BCUT2D eigenvalue weighted by Gasteiger charge is -2.47. The van der Waals surface area contributed by atoms with E-state index < -0.39 is 0 Å². The van der Waals surface area contributed by atoms with Crippen LogP contribution in [0, 0.1) is 17.8 Å². The van der Waals surface area contributed by atoms with Crippen molar-refractivity contribution >= 4 is 40.4 Å². The molecule has 4 aromatic rings. The lowest BCUT2D eigenvalue weighted by atomic mass is 9.61. The van der Waals surface area contributed by atoms with E-state index in [1.165, 1.54) is 24.4 Å². The van der Waals surface area contributed by atoms with Crippen molar-refractivity contribution in [2.75, 3.05) is 23.9 Å². The van der Waals surface area contributed by atoms with Gasteiger partial charge in [0.1, 0.15) is 22.3 Å². The number of halogens is 1. The van der Waals surface area contributed by atoms with Crippen molar-refractivity contribution in [2.24, 2.45) is 17.8 Å². The van der Waals surface area contributed by atoms with Crippen molar-refractivity contribution in [1.29, 1.82) is 0 Å². The fourth-order valence-electron chi connectivity index (χ4n) is 6.83. The van der Waals surface area contributed by atoms with Crippen molar-refractivity contribution in [2.45, 2.75) is 44.7 Å². The fourth-order valence-corrected chi connectivity index (χ4v) is 6.96. The van der Waals surface area contributed by atoms with Crippen LogP contribution < -0.4 is 10.2 Å². The number of rotatable bonds is 5. The number of esters is 1. The predicted octanol–water partition coefficient (Wildman–Crippen LogP) is 5.02. The topological polar surface area (TPSA) is 109 Å². The molecular formula is C29H30ClN7O2. The number of nitrogens with one attached hydrogen (secondary N) is 2. The third-order valence-electron chi connectivity index (χ3n) is 8.77. The second-order valence-corrected chi connectivity index (χ2v) is 11.2. The molecule has 3 aromatic heterocycles. The van der Waals surface area contributed by atoms with Gasteiger partial charge >= 0.3 is 5.97 Å². The Labute approximate surface area is 231 Å². The van der Waals surface area contributed by atoms with Crippen LogP contribution in [0.1, 0.15) is 36.8 Å². The summed E-state index contributed by atoms with van der Waals surface area (Å²) < 4.78 is 5.25. The molecule has 3 saturated carbocycles. The van der Waals surface area contributed by atoms with E-state index in [1.54, 1.807) is 0 Å². The lowest BCUT2D eigenvalue weighted by Crippen LogP contribution is -2.51. The number of carbonyl (C=O) groups is 1. The van der Waals surface area contributed by atoms with Crippen LogP contribution in [-0.2, 0) is 22.5 Å². The highest BCUT2D eigenvalue weighted by Crippen LogP contribution is 2.47. The third-order valence-corrected chi connectivity index (χ3v) is 8.95. The summed E-state index contributed by atoms with van der Waals surface area (Å²) in [6.07, 6.45) is 8.67. The van der Waals surface area contributed by atoms with Gasteiger partial charge in [0.25, 0.3) is 0 Å². The molecule has 1 aromatic carbocycles. The van der Waals surface area contributed by atoms with Crippen LogP contribution in [-0.4, -0.2) is 50.6 Å². The minimum Gasteiger partial charge on any atom is -0.469 e. The minimum atomic E-state index is -0.177. The number of H-pyrrole nitrogens is 1. The molecule has 0 amide bonds. The zero-order chi connectivity index (χ0) is 26.5. The normalized spacial score (nSPS) is 24.0. The molecule has 200 valence electrons. The Morgan fingerprint density at radius 2 is 1.90 bits per heavy atom. The number of hydrogen-bond acceptors (Lipinski definition) is 8. The van der Waals surface area contributed by atoms with E-state index in [9.17, 15) is 4.79 Å². The maximum atomic E-state index is 12.9. The van der Waals surface area contributed by atoms with Crippen molar-refractivity contribution < 1.29 is 9.53 Å². The summed E-state index contributed by atoms with van der Waals surface area (Å²) in [6, 6.07) is 10.5. The van der Waals surface area contributed by atoms with Crippen LogP contribution >= 0.6 is 11.6 Å². The first kappa shape index (κ1) is 24.3. The fraction of sp³-hybridized carbons (Fsp3) is 0.414. The van der Waals surface area contributed by atoms with Crippen LogP contribution in [0.4, 0.5) is 11.6 Å². The molecule has 2 N–H and O–H groups in total. The smallest absolute Gasteiger partial charge is 0.311 e. The van der Waals surface area contributed by atoms with E-state index in [1.807, 2.05) is 12.3 Å². The van der Waals surface area contributed by atoms with E-state index >= 15 is 0 Å². The van der Waals surface area contributed by atoms with Gasteiger partial charge in [0.15, 0.2) is 11.5 Å². The number of hydrogen-bond donors (Lipinski definition) is 2. The molecular weight excluding hydrogens is 514 g/mol. The van der Waals surface area contributed by atoms with Gasteiger partial charge < -0.3 is 19.9 Å². The highest BCUT2D eigenvalue weighted by atomic mass is 35.5. The lowest BCUT2D eigenvalue weighted by molar-refractivity contribution is -0.152. The maximum Gasteiger partial charge on any atom is 0.311 e. The third kappa shape index (κ3) is 4.38. The van der Waals surface area contributed by atoms with Crippen molar-refractivity contribution in [1.82, 2.24) is 24.9 Å². The number of methoxy groups -OCH3 is 1. The van der Waals surface area contributed by atoms with Crippen LogP contribution in [0.2, 0.25) is 5.15 Å². The van der Waals surface area contributed by atoms with E-state index in [0.717, 1.165) is 56.6 Å². The number of fused-ring (bicyclic) bond motifs is 5. The number of aromatic amines is 1. The van der Waals surface area contributed by atoms with E-state index in [-0.39, 0.29) is 17.9 Å². The molecule has 4 heterocycles. The molecule has 3 aliphatic carbocycles. The molecule has 0 saturated heterocycles. The van der Waals surface area contributed by atoms with E-state index in [0.29, 0.717) is 39.8 Å². The summed E-state index contributed by atoms with van der Waals surface area (Å²) in [7, 11) is 1.49. The van der Waals surface area contributed by atoms with Crippen LogP contribution in [0.3, 0.4) is 0 Å². The molecule has 10 heteroatoms. The summed E-state index contributed by atoms with van der Waals surface area (Å²) in [5.74, 6) is 2.49. The van der Waals surface area contributed by atoms with E-state index in [4.69, 9.17) is 26.3 Å². The molecule has 8 rings (SSSR count). The average molecular weight is 544 g/mol. The van der Waals surface area contributed by atoms with Crippen molar-refractivity contribution in [3.63, 3.8) is 0 Å². The van der Waals surface area contributed by atoms with Gasteiger partial charge in [0, 0.05) is 31.4 Å². The summed E-state index contributed by atoms with van der Waals surface area (Å²) in [4.78, 5) is 37.2. The SMILES string of the molecule is COC(=O)[C@H]1C2CCC(CC2)[C@@H]1Nc1cc(N2CCc3ccccc3C2)nc(-c2c[nH]c3ncc(Cl)nc23)n1. The van der Waals surface area contributed by atoms with Gasteiger partial charge in [-0.1, -0.05) is 35.9 Å². The molecule has 0 spiro atoms. The maximum absolute atomic E-state index is 12.9. The van der Waals surface area contributed by atoms with Gasteiger partial charge in [-0.2, -0.15) is 0 Å². The molecule has 0 radical (unpaired) electrons. The Morgan fingerprint density at radius 1 is 1.10 bits per heavy atom. The Balaban J connectivity index is 1.30. The Kier molecular flexibility index (Phi) is 6.11. The van der Waals surface area contributed by atoms with Crippen molar-refractivity contribution in [3.05, 3.63) is 59.0 Å². The van der Waals surface area contributed by atoms with Crippen molar-refractivity contribution in [3.8, 4) is 11.4 Å². The summed E-state index contributed by atoms with van der Waals surface area (Å²) in [6.45, 7) is 1.62. The molecule has 3 fully saturated rings. The molecule has 0 unspecified atom stereocenters. The quantitative estimate of drug-likeness (QED) is 0.338. The highest BCUT2D eigenvalue weighted by Gasteiger charge is 2.48. The number of nitrogens with zero attached hydrogens (tertiary/aromatic N) is 5. The first-order valence-corrected chi connectivity index (χ1v) is 14.0. The van der Waals surface area contributed by atoms with Crippen LogP contribution in [0.5, 0.6) is 0 Å². The molecule has 4 aliphatic rings. The molecule has 2 bridgehead atoms. The Bertz CT molecular complexity index is 1550. The summed E-state index contributed by atoms with van der Waals surface area (Å²) >= 11 is 6.20. The standard InChI is InChI=1S/C29H30ClN7O2/c1-39-29(38)24-17-6-8-18(9-7-17)25(24)34-22-12-23(37-11-10-16-4-2-3-5-19(16)15-37)36-27(35-22)20-13-31-28-26(20)33-21(30)14-32-28/h2-5,12-14,17-18,24-25H,6-11,15H2,1H3,(H,31,32)(H,34,35,36)/t17?,18?,24-,25-/m0/s1. The number of anilines is 2. The summed E-state index contributed by atoms with van der Waals surface area (Å²) in [5.41, 5.74) is 4.66. The van der Waals surface area contributed by atoms with Gasteiger partial charge in [-0.3, -0.25) is 4.79 Å². The molecule has 2 atom stereocenters. The van der Waals surface area contributed by atoms with Gasteiger partial charge in [-0.05, 0) is 55.1 Å². The zero-order valence-corrected chi connectivity index (χ0v) is 22.5. The number of benzene rings is 1. The average Bonchev–Trinajstić information content (AvgIpc) is 3.40. The van der Waals surface area contributed by atoms with Gasteiger partial charge in [-0.15, -0.1) is 0 Å². The predicted molar refractivity (Wildman–Crippen MR) is 149 cm³/mol. The summed E-state index contributed by atoms with van der Waals surface area (Å²) in [5, 5.41) is 4.00. The van der Waals surface area contributed by atoms with Crippen LogP contribution in [0.15, 0.2) is 42.7 Å². The van der Waals surface area contributed by atoms with Gasteiger partial charge in [0.2, 0.25) is 0 Å². The van der Waals surface area contributed by atoms with Crippen LogP contribution in [0.25, 0.3) is 22.6 Å². The minimum absolute atomic E-state index is 0.0279. The molecule has 39 heavy (non-hydrogen) atoms. The van der Waals surface area contributed by atoms with Gasteiger partial charge in [-0.25, -0.2) is 19.9 Å². The number of ether oxygens (including phenoxy) is 1. The number of carbonyl (C=O) groups excluding carboxylic acids is 1. The largest absolute Gasteiger partial charge is 0.469 e. The highest BCUT2D eigenvalue weighted by molar-refractivity contribution is 6.29. The monoisotopic (exact) mass is 543 g/mol. The number of aromatic nitrogens is 5. The Morgan fingerprint density at radius 3 is 2.72 bits per heavy atom. The Hall–Kier alpha value is -3.72. The van der Waals surface area contributed by atoms with Gasteiger partial charge in [0.05, 0.1) is 24.8 Å². The van der Waals surface area contributed by atoms with E-state index in [2.05, 4.69) is 49.4 Å². The zero-order valence-electron chi connectivity index (χ0n) is 21.7. The first-order valence-electron chi connectivity index (χ1n) is 13.6. The molecule has 9 nitrogen and oxygen atoms in total. The second-order valence-electron chi connectivity index (χ2n) is 10.9. The second kappa shape index (κ2) is 9.79. The first-order chi connectivity index (χ1) is 19.1.